The number of alkyl halides is 2. The van der Waals surface area contributed by atoms with E-state index in [0.717, 1.165) is 40.9 Å². The minimum Gasteiger partial charge on any atom is -0.275 e. The Kier molecular flexibility index (Phi) is 8.90. The van der Waals surface area contributed by atoms with Gasteiger partial charge in [-0.05, 0) is 67.6 Å². The number of carbonyl (C=O) groups is 2. The largest absolute Gasteiger partial charge is 0.282 e. The molecular weight excluding hydrogens is 642 g/mol. The van der Waals surface area contributed by atoms with E-state index >= 15 is 0 Å². The van der Waals surface area contributed by atoms with Crippen LogP contribution in [0.1, 0.15) is 29.2 Å². The summed E-state index contributed by atoms with van der Waals surface area (Å²) in [4.78, 5) is 38.5. The summed E-state index contributed by atoms with van der Waals surface area (Å²) in [5.74, 6) is -3.34. The van der Waals surface area contributed by atoms with Crippen LogP contribution >= 0.6 is 0 Å². The van der Waals surface area contributed by atoms with Gasteiger partial charge in [0.15, 0.2) is 0 Å². The molecule has 8 heteroatoms. The summed E-state index contributed by atoms with van der Waals surface area (Å²) in [5, 5.41) is 0. The van der Waals surface area contributed by atoms with Gasteiger partial charge in [-0.1, -0.05) is 103 Å². The lowest BCUT2D eigenvalue weighted by Crippen LogP contribution is -2.25. The first-order valence-corrected chi connectivity index (χ1v) is 16.4. The smallest absolute Gasteiger partial charge is 0.275 e. The minimum atomic E-state index is -2.97. The number of amides is 2. The van der Waals surface area contributed by atoms with Crippen LogP contribution in [0, 0.1) is 6.92 Å². The average molecular weight is 675 g/mol. The van der Waals surface area contributed by atoms with E-state index < -0.39 is 5.92 Å². The summed E-state index contributed by atoms with van der Waals surface area (Å²) in [6.45, 7) is 2.87. The van der Waals surface area contributed by atoms with E-state index in [-0.39, 0.29) is 23.1 Å². The zero-order valence-electron chi connectivity index (χ0n) is 27.9. The summed E-state index contributed by atoms with van der Waals surface area (Å²) in [6.07, 6.45) is 0. The summed E-state index contributed by atoms with van der Waals surface area (Å²) in [6, 6.07) is 47.7. The molecule has 2 heterocycles. The van der Waals surface area contributed by atoms with Crippen molar-refractivity contribution in [2.24, 2.45) is 9.98 Å². The van der Waals surface area contributed by atoms with Gasteiger partial charge >= 0.3 is 0 Å². The maximum absolute atomic E-state index is 13.6. The van der Waals surface area contributed by atoms with E-state index in [2.05, 4.69) is 9.98 Å². The van der Waals surface area contributed by atoms with Crippen molar-refractivity contribution in [1.29, 1.82) is 0 Å². The Labute approximate surface area is 294 Å². The van der Waals surface area contributed by atoms with Crippen LogP contribution in [0.2, 0.25) is 0 Å². The molecule has 6 aromatic rings. The monoisotopic (exact) mass is 674 g/mol. The van der Waals surface area contributed by atoms with E-state index in [1.807, 2.05) is 140 Å². The molecule has 8 rings (SSSR count). The Morgan fingerprint density at radius 3 is 1.45 bits per heavy atom. The zero-order valence-corrected chi connectivity index (χ0v) is 27.9. The van der Waals surface area contributed by atoms with E-state index in [1.54, 1.807) is 15.9 Å². The van der Waals surface area contributed by atoms with Crippen molar-refractivity contribution in [1.82, 2.24) is 0 Å². The van der Waals surface area contributed by atoms with Crippen molar-refractivity contribution in [3.8, 4) is 0 Å². The zero-order chi connectivity index (χ0) is 35.5. The summed E-state index contributed by atoms with van der Waals surface area (Å²) < 4.78 is 27.2. The fourth-order valence-electron chi connectivity index (χ4n) is 6.01. The van der Waals surface area contributed by atoms with E-state index in [0.29, 0.717) is 17.0 Å². The van der Waals surface area contributed by atoms with Gasteiger partial charge in [0.25, 0.3) is 17.7 Å². The van der Waals surface area contributed by atoms with Crippen LogP contribution in [-0.2, 0) is 15.5 Å². The van der Waals surface area contributed by atoms with Crippen molar-refractivity contribution < 1.29 is 18.4 Å². The van der Waals surface area contributed by atoms with Crippen molar-refractivity contribution in [2.45, 2.75) is 19.8 Å². The van der Waals surface area contributed by atoms with Gasteiger partial charge in [0, 0.05) is 35.0 Å². The van der Waals surface area contributed by atoms with Crippen molar-refractivity contribution in [2.75, 3.05) is 9.80 Å². The van der Waals surface area contributed by atoms with E-state index in [4.69, 9.17) is 0 Å². The quantitative estimate of drug-likeness (QED) is 0.183. The Balaban J connectivity index is 0.000000160. The third-order valence-electron chi connectivity index (χ3n) is 8.51. The maximum atomic E-state index is 13.6. The third-order valence-corrected chi connectivity index (χ3v) is 8.51. The normalized spacial score (nSPS) is 15.1. The molecule has 0 fully saturated rings. The number of fused-ring (bicyclic) bond motifs is 2. The molecule has 0 aromatic heterocycles. The first-order valence-electron chi connectivity index (χ1n) is 16.4. The first-order chi connectivity index (χ1) is 24.7. The topological polar surface area (TPSA) is 65.3 Å². The van der Waals surface area contributed by atoms with Gasteiger partial charge in [-0.25, -0.2) is 18.8 Å². The SMILES string of the molecule is CC(F)(F)c1cccc(N=C2C(=O)N(c3ccccc3)c3ccccc32)c1.Cc1ccc(N=C2C(=O)N(c3ccccc3)c3ccccc32)cc1. The van der Waals surface area contributed by atoms with Gasteiger partial charge in [0.2, 0.25) is 0 Å². The van der Waals surface area contributed by atoms with Crippen LogP contribution in [0.15, 0.2) is 168 Å². The molecule has 0 radical (unpaired) electrons. The number of para-hydroxylation sites is 4. The summed E-state index contributed by atoms with van der Waals surface area (Å²) >= 11 is 0. The number of nitrogens with zero attached hydrogens (tertiary/aromatic N) is 4. The second-order valence-electron chi connectivity index (χ2n) is 12.2. The predicted molar refractivity (Wildman–Crippen MR) is 200 cm³/mol. The fraction of sp³-hybridized carbons (Fsp3) is 0.0698. The standard InChI is InChI=1S/C22H16F2N2O.C21H16N2O/c1-22(23,24)15-8-7-9-16(14-15)25-20-18-12-5-6-13-19(18)26(21(20)27)17-10-3-2-4-11-17;1-15-11-13-16(14-12-15)22-20-18-9-5-6-10-19(18)23(21(20)24)17-7-3-2-4-8-17/h2-14H,1H3;2-14H,1H3. The lowest BCUT2D eigenvalue weighted by atomic mass is 10.1. The summed E-state index contributed by atoms with van der Waals surface area (Å²) in [5.41, 5.74) is 7.60. The molecule has 0 aliphatic carbocycles. The molecule has 0 saturated heterocycles. The molecule has 51 heavy (non-hydrogen) atoms. The lowest BCUT2D eigenvalue weighted by Gasteiger charge is -2.16. The van der Waals surface area contributed by atoms with E-state index in [9.17, 15) is 18.4 Å². The highest BCUT2D eigenvalue weighted by molar-refractivity contribution is 6.56. The first kappa shape index (κ1) is 33.0. The number of rotatable bonds is 5. The minimum absolute atomic E-state index is 0.0945. The molecule has 6 nitrogen and oxygen atoms in total. The molecule has 2 aliphatic heterocycles. The number of aryl methyl sites for hydroxylation is 1. The molecule has 2 amide bonds. The molecule has 0 bridgehead atoms. The highest BCUT2D eigenvalue weighted by Gasteiger charge is 2.36. The molecule has 250 valence electrons. The van der Waals surface area contributed by atoms with Crippen LogP contribution < -0.4 is 9.80 Å². The molecule has 0 spiro atoms. The van der Waals surface area contributed by atoms with Gasteiger partial charge in [0.1, 0.15) is 11.4 Å². The van der Waals surface area contributed by atoms with Crippen molar-refractivity contribution in [3.05, 3.63) is 180 Å². The summed E-state index contributed by atoms with van der Waals surface area (Å²) in [7, 11) is 0. The fourth-order valence-corrected chi connectivity index (χ4v) is 6.01. The van der Waals surface area contributed by atoms with Crippen LogP contribution in [0.5, 0.6) is 0 Å². The number of hydrogen-bond acceptors (Lipinski definition) is 4. The number of halogens is 2. The van der Waals surface area contributed by atoms with Crippen molar-refractivity contribution in [3.63, 3.8) is 0 Å². The number of carbonyl (C=O) groups excluding carboxylic acids is 2. The second kappa shape index (κ2) is 13.8. The number of aliphatic imine (C=N–C) groups is 2. The Morgan fingerprint density at radius 1 is 0.510 bits per heavy atom. The predicted octanol–water partition coefficient (Wildman–Crippen LogP) is 10.4. The molecule has 2 aliphatic rings. The van der Waals surface area contributed by atoms with Gasteiger partial charge in [0.05, 0.1) is 22.7 Å². The lowest BCUT2D eigenvalue weighted by molar-refractivity contribution is -0.112. The van der Waals surface area contributed by atoms with Gasteiger partial charge in [-0.3, -0.25) is 19.4 Å². The van der Waals surface area contributed by atoms with Crippen LogP contribution in [0.25, 0.3) is 0 Å². The Hall–Kier alpha value is -6.54. The third kappa shape index (κ3) is 6.72. The highest BCUT2D eigenvalue weighted by atomic mass is 19.3. The Morgan fingerprint density at radius 2 is 0.961 bits per heavy atom. The Bertz CT molecular complexity index is 2300. The van der Waals surface area contributed by atoms with E-state index in [1.165, 1.54) is 23.8 Å². The second-order valence-corrected chi connectivity index (χ2v) is 12.2. The van der Waals surface area contributed by atoms with Gasteiger partial charge < -0.3 is 0 Å². The van der Waals surface area contributed by atoms with Crippen molar-refractivity contribution >= 4 is 57.4 Å². The number of hydrogen-bond donors (Lipinski definition) is 0. The molecule has 0 saturated carbocycles. The maximum Gasteiger partial charge on any atom is 0.282 e. The van der Waals surface area contributed by atoms with Gasteiger partial charge in [-0.2, -0.15) is 0 Å². The molecule has 0 atom stereocenters. The van der Waals surface area contributed by atoms with Crippen LogP contribution in [0.4, 0.5) is 42.9 Å². The number of anilines is 4. The highest BCUT2D eigenvalue weighted by Crippen LogP contribution is 2.38. The average Bonchev–Trinajstić information content (AvgIpc) is 3.59. The number of benzene rings is 6. The molecule has 0 N–H and O–H groups in total. The van der Waals surface area contributed by atoms with Crippen LogP contribution in [-0.4, -0.2) is 23.2 Å². The van der Waals surface area contributed by atoms with Gasteiger partial charge in [-0.15, -0.1) is 0 Å². The molecular formula is C43H32F2N4O2. The molecule has 6 aromatic carbocycles. The van der Waals surface area contributed by atoms with Crippen LogP contribution in [0.3, 0.4) is 0 Å². The molecule has 0 unspecified atom stereocenters.